The number of thiol groups is 1. The Morgan fingerprint density at radius 1 is 1.09 bits per heavy atom. The average Bonchev–Trinajstić information content (AvgIpc) is 2.99. The fraction of sp³-hybridized carbons (Fsp3) is 0.179. The molecule has 0 radical (unpaired) electrons. The highest BCUT2D eigenvalue weighted by Crippen LogP contribution is 2.32. The van der Waals surface area contributed by atoms with Crippen molar-refractivity contribution >= 4 is 73.1 Å². The predicted molar refractivity (Wildman–Crippen MR) is 172 cm³/mol. The van der Waals surface area contributed by atoms with Crippen LogP contribution in [0, 0.1) is 0 Å². The number of ether oxygens (including phenoxy) is 1. The van der Waals surface area contributed by atoms with Crippen LogP contribution >= 0.6 is 23.2 Å². The third-order valence-electron chi connectivity index (χ3n) is 5.86. The van der Waals surface area contributed by atoms with Crippen LogP contribution in [0.25, 0.3) is 11.1 Å². The van der Waals surface area contributed by atoms with E-state index in [1.54, 1.807) is 68.6 Å². The van der Waals surface area contributed by atoms with E-state index in [1.165, 1.54) is 18.2 Å². The maximum absolute atomic E-state index is 12.9. The first-order valence-corrected chi connectivity index (χ1v) is 16.5. The number of rotatable bonds is 11. The van der Waals surface area contributed by atoms with Crippen LogP contribution in [-0.2, 0) is 25.4 Å². The van der Waals surface area contributed by atoms with Gasteiger partial charge in [0.1, 0.15) is 10.7 Å². The molecule has 0 bridgehead atoms. The molecule has 0 saturated carbocycles. The molecule has 16 heteroatoms. The number of benzene rings is 3. The van der Waals surface area contributed by atoms with Gasteiger partial charge < -0.3 is 20.5 Å². The number of carbonyl (C=O) groups is 1. The lowest BCUT2D eigenvalue weighted by atomic mass is 10.1. The maximum Gasteiger partial charge on any atom is 0.441 e. The third-order valence-corrected chi connectivity index (χ3v) is 9.28. The van der Waals surface area contributed by atoms with Gasteiger partial charge in [-0.3, -0.25) is 4.72 Å². The van der Waals surface area contributed by atoms with Gasteiger partial charge in [-0.2, -0.15) is 4.98 Å². The summed E-state index contributed by atoms with van der Waals surface area (Å²) in [6, 6.07) is 17.0. The van der Waals surface area contributed by atoms with E-state index in [4.69, 9.17) is 27.9 Å². The predicted octanol–water partition coefficient (Wildman–Crippen LogP) is 5.97. The Hall–Kier alpha value is -3.95. The minimum Gasteiger partial charge on any atom is -0.448 e. The Morgan fingerprint density at radius 3 is 2.52 bits per heavy atom. The van der Waals surface area contributed by atoms with Gasteiger partial charge in [0.25, 0.3) is 10.0 Å². The van der Waals surface area contributed by atoms with Crippen LogP contribution in [0.3, 0.4) is 0 Å². The molecule has 0 saturated heterocycles. The quantitative estimate of drug-likeness (QED) is 0.119. The number of anilines is 4. The minimum absolute atomic E-state index is 0.0786. The van der Waals surface area contributed by atoms with E-state index in [-0.39, 0.29) is 45.8 Å². The lowest BCUT2D eigenvalue weighted by Crippen LogP contribution is -2.21. The van der Waals surface area contributed by atoms with Crippen LogP contribution in [0.5, 0.6) is 0 Å². The van der Waals surface area contributed by atoms with Gasteiger partial charge in [0.05, 0.1) is 33.9 Å². The van der Waals surface area contributed by atoms with E-state index in [1.807, 2.05) is 0 Å². The highest BCUT2D eigenvalue weighted by Gasteiger charge is 2.20. The molecule has 1 heterocycles. The molecule has 2 atom stereocenters. The highest BCUT2D eigenvalue weighted by atomic mass is 35.5. The lowest BCUT2D eigenvalue weighted by Gasteiger charge is -2.17. The van der Waals surface area contributed by atoms with E-state index in [0.29, 0.717) is 27.5 Å². The Labute approximate surface area is 266 Å². The van der Waals surface area contributed by atoms with E-state index >= 15 is 0 Å². The van der Waals surface area contributed by atoms with Crippen molar-refractivity contribution in [3.05, 3.63) is 83.0 Å². The zero-order chi connectivity index (χ0) is 31.9. The molecule has 2 unspecified atom stereocenters. The first-order valence-electron chi connectivity index (χ1n) is 13.0. The van der Waals surface area contributed by atoms with Crippen LogP contribution in [0.2, 0.25) is 10.0 Å². The second-order valence-electron chi connectivity index (χ2n) is 9.17. The van der Waals surface area contributed by atoms with Crippen molar-refractivity contribution in [1.82, 2.24) is 9.97 Å². The molecule has 0 aliphatic heterocycles. The molecule has 3 aromatic carbocycles. The van der Waals surface area contributed by atoms with Gasteiger partial charge >= 0.3 is 6.09 Å². The van der Waals surface area contributed by atoms with Gasteiger partial charge in [-0.05, 0) is 61.9 Å². The molecular weight excluding hydrogens is 651 g/mol. The largest absolute Gasteiger partial charge is 0.448 e. The third kappa shape index (κ3) is 8.36. The zero-order valence-electron chi connectivity index (χ0n) is 23.4. The maximum atomic E-state index is 12.9. The number of nitrogens with zero attached hydrogens (tertiary/aromatic N) is 3. The highest BCUT2D eigenvalue weighted by molar-refractivity contribution is 7.92. The van der Waals surface area contributed by atoms with E-state index in [0.717, 1.165) is 0 Å². The van der Waals surface area contributed by atoms with Crippen molar-refractivity contribution in [2.24, 2.45) is 4.36 Å². The van der Waals surface area contributed by atoms with Crippen molar-refractivity contribution in [1.29, 1.82) is 0 Å². The number of sulfonamides is 1. The Balaban J connectivity index is 1.59. The second kappa shape index (κ2) is 14.7. The molecule has 12 nitrogen and oxygen atoms in total. The average molecular weight is 680 g/mol. The van der Waals surface area contributed by atoms with E-state index in [2.05, 4.69) is 29.7 Å². The summed E-state index contributed by atoms with van der Waals surface area (Å²) >= 11 is 12.1. The van der Waals surface area contributed by atoms with Crippen LogP contribution in [0.4, 0.5) is 27.9 Å². The number of aromatic nitrogens is 2. The van der Waals surface area contributed by atoms with Gasteiger partial charge in [-0.25, -0.2) is 22.4 Å². The fourth-order valence-corrected chi connectivity index (χ4v) is 6.38. The number of amides is 1. The first-order chi connectivity index (χ1) is 21.0. The van der Waals surface area contributed by atoms with Gasteiger partial charge in [0, 0.05) is 34.1 Å². The zero-order valence-corrected chi connectivity index (χ0v) is 26.6. The Bertz CT molecular complexity index is 1850. The molecule has 1 amide bonds. The molecule has 232 valence electrons. The minimum atomic E-state index is -4.01. The Kier molecular flexibility index (Phi) is 11.0. The number of carbonyl (C=O) groups excluding carboxylic acids is 1. The van der Waals surface area contributed by atoms with Crippen molar-refractivity contribution in [3.63, 3.8) is 0 Å². The first kappa shape index (κ1) is 33.0. The molecule has 4 rings (SSSR count). The molecule has 0 spiro atoms. The topological polar surface area (TPSA) is 172 Å². The lowest BCUT2D eigenvalue weighted by molar-refractivity contribution is 0.164. The van der Waals surface area contributed by atoms with Crippen LogP contribution < -0.4 is 15.4 Å². The standard InChI is InChI=1S/C28H28Cl2N6O6S2/c1-3-42-28(38)35-43(39)21-7-4-6-20(14-21)33-27-31-15-22(26(34-27)32-17(2)16-37)18-10-12-19(13-11-18)36-44(40,41)24-9-5-8-23(29)25(24)30/h4-15,17,36-37,43H,3,16H2,1-2H3,(H2,31,32,33,34). The molecule has 0 aliphatic carbocycles. The molecule has 1 aromatic heterocycles. The molecule has 0 fully saturated rings. The van der Waals surface area contributed by atoms with Gasteiger partial charge in [-0.15, -0.1) is 4.36 Å². The summed E-state index contributed by atoms with van der Waals surface area (Å²) in [5.74, 6) is 0.585. The monoisotopic (exact) mass is 678 g/mol. The summed E-state index contributed by atoms with van der Waals surface area (Å²) in [6.45, 7) is 3.34. The summed E-state index contributed by atoms with van der Waals surface area (Å²) in [4.78, 5) is 20.7. The number of aliphatic hydroxyl groups excluding tert-OH is 1. The van der Waals surface area contributed by atoms with Gasteiger partial charge in [0.2, 0.25) is 5.95 Å². The second-order valence-corrected chi connectivity index (χ2v) is 12.9. The smallest absolute Gasteiger partial charge is 0.441 e. The van der Waals surface area contributed by atoms with Crippen molar-refractivity contribution in [3.8, 4) is 11.1 Å². The molecular formula is C28H28Cl2N6O6S2. The summed E-state index contributed by atoms with van der Waals surface area (Å²) in [5.41, 5.74) is 2.02. The van der Waals surface area contributed by atoms with Crippen LogP contribution in [0.1, 0.15) is 13.8 Å². The molecule has 0 aliphatic rings. The number of aliphatic hydroxyl groups is 1. The fourth-order valence-electron chi connectivity index (χ4n) is 3.78. The van der Waals surface area contributed by atoms with Gasteiger partial charge in [-0.1, -0.05) is 47.5 Å². The summed E-state index contributed by atoms with van der Waals surface area (Å²) in [5, 5.41) is 15.9. The number of nitrogens with one attached hydrogen (secondary N) is 3. The van der Waals surface area contributed by atoms with Crippen molar-refractivity contribution in [2.45, 2.75) is 29.7 Å². The van der Waals surface area contributed by atoms with Crippen molar-refractivity contribution < 1.29 is 27.3 Å². The molecule has 4 aromatic rings. The molecule has 4 N–H and O–H groups in total. The summed E-state index contributed by atoms with van der Waals surface area (Å²) in [7, 11) is -6.39. The van der Waals surface area contributed by atoms with E-state index in [9.17, 15) is 22.5 Å². The normalized spacial score (nSPS) is 12.8. The van der Waals surface area contributed by atoms with Crippen molar-refractivity contribution in [2.75, 3.05) is 28.6 Å². The summed E-state index contributed by atoms with van der Waals surface area (Å²) < 4.78 is 49.0. The van der Waals surface area contributed by atoms with Crippen LogP contribution in [0.15, 0.2) is 87.1 Å². The molecule has 44 heavy (non-hydrogen) atoms. The number of halogens is 2. The SMILES string of the molecule is CCOC(=O)/N=[SH](=O)\c1cccc(Nc2ncc(-c3ccc(NS(=O)(=O)c4cccc(Cl)c4Cl)cc3)c(NC(C)CO)n2)c1. The summed E-state index contributed by atoms with van der Waals surface area (Å²) in [6.07, 6.45) is 0.656. The Morgan fingerprint density at radius 2 is 1.82 bits per heavy atom. The van der Waals surface area contributed by atoms with E-state index < -0.39 is 26.7 Å². The van der Waals surface area contributed by atoms with Gasteiger partial charge in [0.15, 0.2) is 0 Å². The van der Waals surface area contributed by atoms with Crippen LogP contribution in [-0.4, -0.2) is 53.1 Å². The number of hydrogen-bond donors (Lipinski definition) is 5. The number of hydrogen-bond acceptors (Lipinski definition) is 10.